The Morgan fingerprint density at radius 1 is 1.47 bits per heavy atom. The number of hydrogen-bond donors (Lipinski definition) is 1. The van der Waals surface area contributed by atoms with Gasteiger partial charge in [-0.1, -0.05) is 18.2 Å². The molecule has 94 valence electrons. The van der Waals surface area contributed by atoms with E-state index >= 15 is 0 Å². The van der Waals surface area contributed by atoms with E-state index in [1.807, 2.05) is 18.2 Å². The topological polar surface area (TPSA) is 30.5 Å². The van der Waals surface area contributed by atoms with Crippen molar-refractivity contribution in [3.05, 3.63) is 29.8 Å². The number of benzene rings is 1. The third-order valence-corrected chi connectivity index (χ3v) is 3.28. The van der Waals surface area contributed by atoms with Crippen molar-refractivity contribution in [3.63, 3.8) is 0 Å². The summed E-state index contributed by atoms with van der Waals surface area (Å²) in [5, 5.41) is 3.51. The summed E-state index contributed by atoms with van der Waals surface area (Å²) < 4.78 is 11.0. The Morgan fingerprint density at radius 2 is 2.29 bits per heavy atom. The summed E-state index contributed by atoms with van der Waals surface area (Å²) in [5.41, 5.74) is 1.20. The first-order valence-electron chi connectivity index (χ1n) is 6.29. The van der Waals surface area contributed by atoms with Crippen molar-refractivity contribution < 1.29 is 9.47 Å². The van der Waals surface area contributed by atoms with E-state index in [0.29, 0.717) is 6.10 Å². The zero-order valence-electron chi connectivity index (χ0n) is 10.6. The van der Waals surface area contributed by atoms with E-state index < -0.39 is 0 Å². The smallest absolute Gasteiger partial charge is 0.123 e. The van der Waals surface area contributed by atoms with Crippen molar-refractivity contribution in [2.24, 2.45) is 0 Å². The van der Waals surface area contributed by atoms with Crippen LogP contribution in [0.25, 0.3) is 0 Å². The van der Waals surface area contributed by atoms with Gasteiger partial charge in [0, 0.05) is 24.8 Å². The van der Waals surface area contributed by atoms with Gasteiger partial charge in [0.1, 0.15) is 5.75 Å². The van der Waals surface area contributed by atoms with Crippen LogP contribution in [0.3, 0.4) is 0 Å². The van der Waals surface area contributed by atoms with Crippen LogP contribution >= 0.6 is 0 Å². The van der Waals surface area contributed by atoms with E-state index in [0.717, 1.165) is 18.9 Å². The Bertz CT molecular complexity index is 348. The van der Waals surface area contributed by atoms with Crippen LogP contribution in [-0.4, -0.2) is 26.4 Å². The van der Waals surface area contributed by atoms with Gasteiger partial charge in [-0.15, -0.1) is 0 Å². The summed E-state index contributed by atoms with van der Waals surface area (Å²) in [6.45, 7) is 3.99. The summed E-state index contributed by atoms with van der Waals surface area (Å²) in [4.78, 5) is 0. The van der Waals surface area contributed by atoms with Gasteiger partial charge in [0.2, 0.25) is 0 Å². The van der Waals surface area contributed by atoms with Crippen molar-refractivity contribution in [2.75, 3.05) is 20.3 Å². The predicted molar refractivity (Wildman–Crippen MR) is 68.4 cm³/mol. The maximum Gasteiger partial charge on any atom is 0.123 e. The minimum atomic E-state index is 0.287. The van der Waals surface area contributed by atoms with Crippen molar-refractivity contribution in [3.8, 4) is 5.75 Å². The molecule has 0 saturated carbocycles. The van der Waals surface area contributed by atoms with Crippen LogP contribution < -0.4 is 10.1 Å². The summed E-state index contributed by atoms with van der Waals surface area (Å²) in [7, 11) is 1.71. The lowest BCUT2D eigenvalue weighted by atomic mass is 10.1. The van der Waals surface area contributed by atoms with Crippen molar-refractivity contribution in [1.82, 2.24) is 5.32 Å². The first-order valence-corrected chi connectivity index (χ1v) is 6.29. The second-order valence-electron chi connectivity index (χ2n) is 4.51. The van der Waals surface area contributed by atoms with Gasteiger partial charge in [0.15, 0.2) is 0 Å². The van der Waals surface area contributed by atoms with E-state index in [9.17, 15) is 0 Å². The molecule has 1 aromatic rings. The van der Waals surface area contributed by atoms with Crippen LogP contribution in [-0.2, 0) is 4.74 Å². The summed E-state index contributed by atoms with van der Waals surface area (Å²) in [6.07, 6.45) is 2.74. The van der Waals surface area contributed by atoms with Gasteiger partial charge in [-0.05, 0) is 25.8 Å². The van der Waals surface area contributed by atoms with Gasteiger partial charge in [0.05, 0.1) is 13.2 Å². The molecule has 2 atom stereocenters. The van der Waals surface area contributed by atoms with Crippen molar-refractivity contribution >= 4 is 0 Å². The van der Waals surface area contributed by atoms with E-state index in [2.05, 4.69) is 18.3 Å². The number of rotatable bonds is 5. The van der Waals surface area contributed by atoms with E-state index in [1.54, 1.807) is 7.11 Å². The second-order valence-corrected chi connectivity index (χ2v) is 4.51. The van der Waals surface area contributed by atoms with Crippen LogP contribution in [0.1, 0.15) is 31.4 Å². The third-order valence-electron chi connectivity index (χ3n) is 3.28. The van der Waals surface area contributed by atoms with Crippen LogP contribution in [0, 0.1) is 0 Å². The highest BCUT2D eigenvalue weighted by atomic mass is 16.5. The summed E-state index contributed by atoms with van der Waals surface area (Å²) in [5.74, 6) is 0.944. The molecule has 3 nitrogen and oxygen atoms in total. The lowest BCUT2D eigenvalue weighted by molar-refractivity contribution is 0.108. The number of nitrogens with one attached hydrogen (secondary N) is 1. The number of methoxy groups -OCH3 is 1. The van der Waals surface area contributed by atoms with Crippen LogP contribution in [0.5, 0.6) is 5.75 Å². The molecular weight excluding hydrogens is 214 g/mol. The molecule has 3 heteroatoms. The van der Waals surface area contributed by atoms with E-state index in [1.165, 1.54) is 18.4 Å². The quantitative estimate of drug-likeness (QED) is 0.850. The Labute approximate surface area is 103 Å². The highest BCUT2D eigenvalue weighted by Gasteiger charge is 2.17. The molecule has 1 aromatic carbocycles. The van der Waals surface area contributed by atoms with Crippen molar-refractivity contribution in [1.29, 1.82) is 0 Å². The van der Waals surface area contributed by atoms with Crippen LogP contribution in [0.4, 0.5) is 0 Å². The highest BCUT2D eigenvalue weighted by molar-refractivity contribution is 5.35. The standard InChI is InChI=1S/C14H21NO2/c1-11(15-10-12-6-5-9-17-12)13-7-3-4-8-14(13)16-2/h3-4,7-8,11-12,15H,5-6,9-10H2,1-2H3/t11-,12-/m0/s1. The molecule has 1 fully saturated rings. The summed E-state index contributed by atoms with van der Waals surface area (Å²) in [6, 6.07) is 8.43. The SMILES string of the molecule is COc1ccccc1[C@H](C)NC[C@@H]1CCCO1. The molecule has 0 aliphatic carbocycles. The normalized spacial score (nSPS) is 21.4. The van der Waals surface area contributed by atoms with Gasteiger partial charge in [-0.25, -0.2) is 0 Å². The van der Waals surface area contributed by atoms with Gasteiger partial charge >= 0.3 is 0 Å². The van der Waals surface area contributed by atoms with E-state index in [-0.39, 0.29) is 6.04 Å². The molecule has 0 spiro atoms. The molecule has 0 radical (unpaired) electrons. The first kappa shape index (κ1) is 12.4. The molecule has 17 heavy (non-hydrogen) atoms. The fourth-order valence-electron chi connectivity index (χ4n) is 2.25. The second kappa shape index (κ2) is 6.03. The minimum absolute atomic E-state index is 0.287. The molecule has 1 saturated heterocycles. The number of hydrogen-bond acceptors (Lipinski definition) is 3. The molecule has 0 unspecified atom stereocenters. The number of ether oxygens (including phenoxy) is 2. The Kier molecular flexibility index (Phi) is 4.40. The first-order chi connectivity index (χ1) is 8.31. The fourth-order valence-corrected chi connectivity index (χ4v) is 2.25. The van der Waals surface area contributed by atoms with Gasteiger partial charge in [0.25, 0.3) is 0 Å². The zero-order valence-corrected chi connectivity index (χ0v) is 10.6. The molecule has 1 heterocycles. The molecule has 0 amide bonds. The minimum Gasteiger partial charge on any atom is -0.496 e. The summed E-state index contributed by atoms with van der Waals surface area (Å²) >= 11 is 0. The number of para-hydroxylation sites is 1. The molecule has 1 N–H and O–H groups in total. The van der Waals surface area contributed by atoms with E-state index in [4.69, 9.17) is 9.47 Å². The lowest BCUT2D eigenvalue weighted by Gasteiger charge is -2.19. The Hall–Kier alpha value is -1.06. The van der Waals surface area contributed by atoms with Crippen LogP contribution in [0.15, 0.2) is 24.3 Å². The fraction of sp³-hybridized carbons (Fsp3) is 0.571. The average molecular weight is 235 g/mol. The van der Waals surface area contributed by atoms with Gasteiger partial charge < -0.3 is 14.8 Å². The lowest BCUT2D eigenvalue weighted by Crippen LogP contribution is -2.28. The van der Waals surface area contributed by atoms with Gasteiger partial charge in [-0.2, -0.15) is 0 Å². The average Bonchev–Trinajstić information content (AvgIpc) is 2.89. The molecule has 2 rings (SSSR count). The molecule has 0 bridgehead atoms. The monoisotopic (exact) mass is 235 g/mol. The molecule has 0 aromatic heterocycles. The Morgan fingerprint density at radius 3 is 3.00 bits per heavy atom. The molecular formula is C14H21NO2. The van der Waals surface area contributed by atoms with Crippen LogP contribution in [0.2, 0.25) is 0 Å². The van der Waals surface area contributed by atoms with Crippen molar-refractivity contribution in [2.45, 2.75) is 31.9 Å². The van der Waals surface area contributed by atoms with Gasteiger partial charge in [-0.3, -0.25) is 0 Å². The predicted octanol–water partition coefficient (Wildman–Crippen LogP) is 2.52. The largest absolute Gasteiger partial charge is 0.496 e. The molecule has 1 aliphatic heterocycles. The Balaban J connectivity index is 1.91. The maximum atomic E-state index is 5.60. The molecule has 1 aliphatic rings. The zero-order chi connectivity index (χ0) is 12.1. The maximum absolute atomic E-state index is 5.60. The third kappa shape index (κ3) is 3.20. The highest BCUT2D eigenvalue weighted by Crippen LogP contribution is 2.24.